The number of amides is 1. The zero-order valence-corrected chi connectivity index (χ0v) is 24.1. The SMILES string of the molecule is NC1CC(O)(C(=O)N[C@@H]2C[C@H](N)C(O[C@H]3O[C@H](CNCCCO)[C@@H](O)C[C@H]3N)[C@H](O)[C@H]2O[C@H]2O[C@H](CO)[C@@H](O)C[C@H]2O)C1. The van der Waals surface area contributed by atoms with E-state index in [1.165, 1.54) is 0 Å². The maximum absolute atomic E-state index is 13.0. The molecule has 2 saturated heterocycles. The van der Waals surface area contributed by atoms with E-state index in [0.29, 0.717) is 13.0 Å². The Kier molecular flexibility index (Phi) is 12.1. The lowest BCUT2D eigenvalue weighted by atomic mass is 9.75. The van der Waals surface area contributed by atoms with E-state index >= 15 is 0 Å². The van der Waals surface area contributed by atoms with Crippen molar-refractivity contribution in [2.24, 2.45) is 17.2 Å². The molecule has 2 aliphatic carbocycles. The van der Waals surface area contributed by atoms with Crippen molar-refractivity contribution < 1.29 is 59.5 Å². The van der Waals surface area contributed by atoms with Gasteiger partial charge in [0.1, 0.15) is 36.1 Å². The largest absolute Gasteiger partial charge is 0.396 e. The minimum absolute atomic E-state index is 0.00582. The van der Waals surface area contributed by atoms with E-state index in [2.05, 4.69) is 10.6 Å². The van der Waals surface area contributed by atoms with Crippen LogP contribution < -0.4 is 27.8 Å². The van der Waals surface area contributed by atoms with Crippen molar-refractivity contribution in [3.63, 3.8) is 0 Å². The summed E-state index contributed by atoms with van der Waals surface area (Å²) in [7, 11) is 0. The smallest absolute Gasteiger partial charge is 0.252 e. The van der Waals surface area contributed by atoms with Crippen molar-refractivity contribution in [1.82, 2.24) is 10.6 Å². The van der Waals surface area contributed by atoms with Gasteiger partial charge in [0.2, 0.25) is 0 Å². The molecule has 1 unspecified atom stereocenters. The van der Waals surface area contributed by atoms with Crippen LogP contribution in [0.1, 0.15) is 38.5 Å². The third-order valence-electron chi connectivity index (χ3n) is 8.71. The van der Waals surface area contributed by atoms with Crippen molar-refractivity contribution in [1.29, 1.82) is 0 Å². The number of nitrogens with two attached hydrogens (primary N) is 3. The molecule has 2 heterocycles. The Bertz CT molecular complexity index is 903. The second kappa shape index (κ2) is 15.0. The van der Waals surface area contributed by atoms with Crippen LogP contribution in [-0.2, 0) is 23.7 Å². The predicted octanol–water partition coefficient (Wildman–Crippen LogP) is -6.21. The summed E-state index contributed by atoms with van der Waals surface area (Å²) in [6.07, 6.45) is -11.0. The first kappa shape index (κ1) is 34.7. The number of carbonyl (C=O) groups excluding carboxylic acids is 1. The van der Waals surface area contributed by atoms with Crippen molar-refractivity contribution in [3.8, 4) is 0 Å². The average molecular weight is 624 g/mol. The van der Waals surface area contributed by atoms with Gasteiger partial charge in [-0.05, 0) is 25.8 Å². The van der Waals surface area contributed by atoms with Crippen molar-refractivity contribution in [2.45, 2.75) is 130 Å². The quantitative estimate of drug-likeness (QED) is 0.0900. The lowest BCUT2D eigenvalue weighted by Crippen LogP contribution is -2.69. The molecule has 17 nitrogen and oxygen atoms in total. The molecule has 2 aliphatic heterocycles. The Morgan fingerprint density at radius 1 is 0.860 bits per heavy atom. The zero-order valence-electron chi connectivity index (χ0n) is 24.1. The van der Waals surface area contributed by atoms with Crippen LogP contribution in [0.25, 0.3) is 0 Å². The van der Waals surface area contributed by atoms with Crippen molar-refractivity contribution >= 4 is 5.91 Å². The molecule has 4 rings (SSSR count). The molecule has 1 amide bonds. The highest BCUT2D eigenvalue weighted by molar-refractivity contribution is 5.86. The number of ether oxygens (including phenoxy) is 4. The van der Waals surface area contributed by atoms with E-state index in [9.17, 15) is 35.4 Å². The fourth-order valence-corrected chi connectivity index (χ4v) is 6.17. The van der Waals surface area contributed by atoms with Crippen LogP contribution in [0.3, 0.4) is 0 Å². The number of hydrogen-bond acceptors (Lipinski definition) is 16. The van der Waals surface area contributed by atoms with Crippen LogP contribution in [0.4, 0.5) is 0 Å². The van der Waals surface area contributed by atoms with Gasteiger partial charge in [0.15, 0.2) is 12.6 Å². The van der Waals surface area contributed by atoms with E-state index in [1.807, 2.05) is 0 Å². The van der Waals surface area contributed by atoms with E-state index in [0.717, 1.165) is 0 Å². The van der Waals surface area contributed by atoms with E-state index in [-0.39, 0.29) is 51.3 Å². The first-order valence-corrected chi connectivity index (χ1v) is 14.9. The normalized spacial score (nSPS) is 47.1. The zero-order chi connectivity index (χ0) is 31.5. The van der Waals surface area contributed by atoms with Crippen LogP contribution in [0, 0.1) is 0 Å². The topological polar surface area (TPSA) is 298 Å². The molecule has 2 saturated carbocycles. The number of aliphatic hydroxyl groups is 7. The molecule has 0 bridgehead atoms. The number of nitrogens with one attached hydrogen (secondary N) is 2. The van der Waals surface area contributed by atoms with Crippen LogP contribution in [-0.4, -0.2) is 159 Å². The van der Waals surface area contributed by atoms with Crippen LogP contribution in [0.5, 0.6) is 0 Å². The Hall–Kier alpha value is -1.13. The van der Waals surface area contributed by atoms with Crippen molar-refractivity contribution in [3.05, 3.63) is 0 Å². The van der Waals surface area contributed by atoms with Crippen LogP contribution in [0.15, 0.2) is 0 Å². The number of carbonyl (C=O) groups is 1. The molecule has 250 valence electrons. The first-order valence-electron chi connectivity index (χ1n) is 14.9. The Labute approximate surface area is 249 Å². The van der Waals surface area contributed by atoms with Gasteiger partial charge in [0.25, 0.3) is 5.91 Å². The molecular weight excluding hydrogens is 574 g/mol. The van der Waals surface area contributed by atoms with Gasteiger partial charge in [0, 0.05) is 44.5 Å². The molecule has 0 aromatic heterocycles. The Morgan fingerprint density at radius 3 is 2.16 bits per heavy atom. The molecule has 43 heavy (non-hydrogen) atoms. The highest BCUT2D eigenvalue weighted by atomic mass is 16.7. The predicted molar refractivity (Wildman–Crippen MR) is 147 cm³/mol. The van der Waals surface area contributed by atoms with Crippen LogP contribution >= 0.6 is 0 Å². The summed E-state index contributed by atoms with van der Waals surface area (Å²) < 4.78 is 23.6. The third kappa shape index (κ3) is 8.18. The van der Waals surface area contributed by atoms with Gasteiger partial charge in [-0.1, -0.05) is 0 Å². The molecular formula is C26H49N5O12. The molecule has 13 atom stereocenters. The molecule has 4 fully saturated rings. The van der Waals surface area contributed by atoms with Gasteiger partial charge >= 0.3 is 0 Å². The summed E-state index contributed by atoms with van der Waals surface area (Å²) in [5.41, 5.74) is 16.7. The summed E-state index contributed by atoms with van der Waals surface area (Å²) >= 11 is 0. The van der Waals surface area contributed by atoms with Gasteiger partial charge in [0.05, 0.1) is 37.0 Å². The molecule has 0 aromatic rings. The lowest BCUT2D eigenvalue weighted by molar-refractivity contribution is -0.313. The number of rotatable bonds is 12. The second-order valence-electron chi connectivity index (χ2n) is 12.3. The average Bonchev–Trinajstić information content (AvgIpc) is 2.93. The molecule has 17 heteroatoms. The third-order valence-corrected chi connectivity index (χ3v) is 8.71. The summed E-state index contributed by atoms with van der Waals surface area (Å²) in [6.45, 7) is 0.220. The minimum Gasteiger partial charge on any atom is -0.396 e. The van der Waals surface area contributed by atoms with Gasteiger partial charge in [-0.15, -0.1) is 0 Å². The van der Waals surface area contributed by atoms with Crippen LogP contribution in [0.2, 0.25) is 0 Å². The molecule has 4 aliphatic rings. The summed E-state index contributed by atoms with van der Waals surface area (Å²) in [4.78, 5) is 13.0. The molecule has 0 aromatic carbocycles. The minimum atomic E-state index is -1.69. The molecule has 15 N–H and O–H groups in total. The fraction of sp³-hybridized carbons (Fsp3) is 0.962. The lowest BCUT2D eigenvalue weighted by Gasteiger charge is -2.49. The van der Waals surface area contributed by atoms with Gasteiger partial charge in [-0.3, -0.25) is 4.79 Å². The monoisotopic (exact) mass is 623 g/mol. The summed E-state index contributed by atoms with van der Waals surface area (Å²) in [5, 5.41) is 77.7. The second-order valence-corrected chi connectivity index (χ2v) is 12.3. The number of aliphatic hydroxyl groups excluding tert-OH is 6. The molecule has 0 radical (unpaired) electrons. The van der Waals surface area contributed by atoms with Gasteiger partial charge < -0.3 is 82.5 Å². The highest BCUT2D eigenvalue weighted by Gasteiger charge is 2.53. The highest BCUT2D eigenvalue weighted by Crippen LogP contribution is 2.34. The van der Waals surface area contributed by atoms with E-state index < -0.39 is 97.7 Å². The molecule has 0 spiro atoms. The van der Waals surface area contributed by atoms with E-state index in [4.69, 9.17) is 41.3 Å². The van der Waals surface area contributed by atoms with E-state index in [1.54, 1.807) is 0 Å². The first-order chi connectivity index (χ1) is 20.4. The summed E-state index contributed by atoms with van der Waals surface area (Å²) in [5.74, 6) is -0.719. The van der Waals surface area contributed by atoms with Crippen molar-refractivity contribution in [2.75, 3.05) is 26.3 Å². The fourth-order valence-electron chi connectivity index (χ4n) is 6.17. The van der Waals surface area contributed by atoms with Gasteiger partial charge in [-0.2, -0.15) is 0 Å². The Balaban J connectivity index is 1.49. The number of hydrogen-bond donors (Lipinski definition) is 12. The Morgan fingerprint density at radius 2 is 1.51 bits per heavy atom. The summed E-state index contributed by atoms with van der Waals surface area (Å²) in [6, 6.07) is -2.96. The van der Waals surface area contributed by atoms with Gasteiger partial charge in [-0.25, -0.2) is 0 Å². The maximum Gasteiger partial charge on any atom is 0.252 e. The standard InChI is InChI=1S/C26H49N5O12/c27-11-7-26(39,8-11)25(38)31-14-4-12(28)21(20(37)22(14)43-24-17(36)6-16(35)19(10-33)41-24)42-23-13(29)5-15(34)18(40-23)9-30-2-1-3-32/h11-24,30,32-37,39H,1-10,27-29H2,(H,31,38)/t11?,12-,13+,14+,15-,16-,17+,18+,19+,20-,21?,22-,23+,24+,26?/m0/s1. The maximum atomic E-state index is 13.0.